The molecule has 0 aliphatic carbocycles. The maximum atomic E-state index is 10.9. The lowest BCUT2D eigenvalue weighted by molar-refractivity contribution is 0.0697. The molecule has 0 fully saturated rings. The van der Waals surface area contributed by atoms with Crippen LogP contribution < -0.4 is 4.74 Å². The molecule has 0 bridgehead atoms. The number of benzene rings is 3. The summed E-state index contributed by atoms with van der Waals surface area (Å²) in [6.07, 6.45) is 0. The first-order valence-corrected chi connectivity index (χ1v) is 7.33. The first-order chi connectivity index (χ1) is 11.2. The van der Waals surface area contributed by atoms with Crippen LogP contribution in [0.5, 0.6) is 5.75 Å². The maximum absolute atomic E-state index is 10.9. The normalized spacial score (nSPS) is 10.3. The summed E-state index contributed by atoms with van der Waals surface area (Å²) in [5.41, 5.74) is 3.41. The second kappa shape index (κ2) is 6.79. The molecule has 114 valence electrons. The van der Waals surface area contributed by atoms with Crippen LogP contribution in [0.2, 0.25) is 0 Å². The molecule has 0 saturated carbocycles. The molecule has 0 unspecified atom stereocenters. The van der Waals surface area contributed by atoms with Gasteiger partial charge in [-0.2, -0.15) is 0 Å². The van der Waals surface area contributed by atoms with Gasteiger partial charge in [0.15, 0.2) is 0 Å². The summed E-state index contributed by atoms with van der Waals surface area (Å²) in [6.45, 7) is 0.535. The molecule has 0 amide bonds. The van der Waals surface area contributed by atoms with E-state index in [9.17, 15) is 4.79 Å². The number of hydrogen-bond acceptors (Lipinski definition) is 2. The molecule has 3 nitrogen and oxygen atoms in total. The monoisotopic (exact) mass is 304 g/mol. The van der Waals surface area contributed by atoms with E-state index in [1.807, 2.05) is 66.7 Å². The summed E-state index contributed by atoms with van der Waals surface area (Å²) in [4.78, 5) is 10.9. The van der Waals surface area contributed by atoms with Gasteiger partial charge in [0.25, 0.3) is 0 Å². The van der Waals surface area contributed by atoms with E-state index >= 15 is 0 Å². The first-order valence-electron chi connectivity index (χ1n) is 7.33. The van der Waals surface area contributed by atoms with Gasteiger partial charge in [0.05, 0.1) is 5.56 Å². The Bertz CT molecular complexity index is 775. The van der Waals surface area contributed by atoms with Gasteiger partial charge in [0.1, 0.15) is 12.4 Å². The minimum Gasteiger partial charge on any atom is -0.489 e. The fourth-order valence-electron chi connectivity index (χ4n) is 2.29. The molecule has 0 heterocycles. The highest BCUT2D eigenvalue weighted by atomic mass is 16.5. The molecule has 0 radical (unpaired) electrons. The summed E-state index contributed by atoms with van der Waals surface area (Å²) in [5.74, 6) is -0.110. The van der Waals surface area contributed by atoms with Crippen LogP contribution in [0.1, 0.15) is 15.9 Å². The standard InChI is InChI=1S/C20H16O3/c21-20(22)18-8-6-16(7-9-18)17-10-12-19(13-11-17)23-14-15-4-2-1-3-5-15/h1-13H,14H2,(H,21,22). The Labute approximate surface area is 134 Å². The Hall–Kier alpha value is -3.07. The van der Waals surface area contributed by atoms with E-state index in [-0.39, 0.29) is 5.56 Å². The Morgan fingerprint density at radius 3 is 1.91 bits per heavy atom. The fraction of sp³-hybridized carbons (Fsp3) is 0.0500. The van der Waals surface area contributed by atoms with Gasteiger partial charge in [0, 0.05) is 0 Å². The number of carboxylic acids is 1. The van der Waals surface area contributed by atoms with E-state index < -0.39 is 5.97 Å². The zero-order chi connectivity index (χ0) is 16.1. The van der Waals surface area contributed by atoms with Crippen LogP contribution >= 0.6 is 0 Å². The maximum Gasteiger partial charge on any atom is 0.335 e. The highest BCUT2D eigenvalue weighted by molar-refractivity contribution is 5.88. The Balaban J connectivity index is 1.68. The number of carboxylic acid groups (broad SMARTS) is 1. The molecule has 3 aromatic carbocycles. The summed E-state index contributed by atoms with van der Waals surface area (Å²) in [5, 5.41) is 8.92. The molecular formula is C20H16O3. The van der Waals surface area contributed by atoms with Crippen LogP contribution in [0.15, 0.2) is 78.9 Å². The van der Waals surface area contributed by atoms with Crippen molar-refractivity contribution in [2.45, 2.75) is 6.61 Å². The van der Waals surface area contributed by atoms with Crippen molar-refractivity contribution < 1.29 is 14.6 Å². The quantitative estimate of drug-likeness (QED) is 0.747. The van der Waals surface area contributed by atoms with Gasteiger partial charge in [-0.15, -0.1) is 0 Å². The summed E-state index contributed by atoms with van der Waals surface area (Å²) in [7, 11) is 0. The highest BCUT2D eigenvalue weighted by Crippen LogP contribution is 2.23. The molecule has 0 atom stereocenters. The smallest absolute Gasteiger partial charge is 0.335 e. The third-order valence-corrected chi connectivity index (χ3v) is 3.57. The number of carbonyl (C=O) groups is 1. The summed E-state index contributed by atoms with van der Waals surface area (Å²) in [6, 6.07) is 24.6. The third kappa shape index (κ3) is 3.77. The van der Waals surface area contributed by atoms with Crippen molar-refractivity contribution in [1.82, 2.24) is 0 Å². The lowest BCUT2D eigenvalue weighted by Crippen LogP contribution is -1.95. The summed E-state index contributed by atoms with van der Waals surface area (Å²) < 4.78 is 5.76. The van der Waals surface area contributed by atoms with Gasteiger partial charge in [0.2, 0.25) is 0 Å². The number of ether oxygens (including phenoxy) is 1. The first kappa shape index (κ1) is 14.9. The van der Waals surface area contributed by atoms with Crippen molar-refractivity contribution in [3.05, 3.63) is 90.0 Å². The number of aromatic carboxylic acids is 1. The number of rotatable bonds is 5. The van der Waals surface area contributed by atoms with Gasteiger partial charge in [-0.1, -0.05) is 54.6 Å². The van der Waals surface area contributed by atoms with Crippen LogP contribution in [0.3, 0.4) is 0 Å². The molecule has 0 aliphatic heterocycles. The molecular weight excluding hydrogens is 288 g/mol. The van der Waals surface area contributed by atoms with Crippen LogP contribution in [-0.4, -0.2) is 11.1 Å². The predicted molar refractivity (Wildman–Crippen MR) is 89.6 cm³/mol. The second-order valence-corrected chi connectivity index (χ2v) is 5.18. The van der Waals surface area contributed by atoms with E-state index in [1.165, 1.54) is 0 Å². The van der Waals surface area contributed by atoms with Crippen molar-refractivity contribution >= 4 is 5.97 Å². The van der Waals surface area contributed by atoms with E-state index in [1.54, 1.807) is 12.1 Å². The Morgan fingerprint density at radius 1 is 0.783 bits per heavy atom. The minimum absolute atomic E-state index is 0.288. The lowest BCUT2D eigenvalue weighted by Gasteiger charge is -2.08. The zero-order valence-corrected chi connectivity index (χ0v) is 12.5. The van der Waals surface area contributed by atoms with Gasteiger partial charge >= 0.3 is 5.97 Å². The lowest BCUT2D eigenvalue weighted by atomic mass is 10.0. The van der Waals surface area contributed by atoms with Gasteiger partial charge < -0.3 is 9.84 Å². The third-order valence-electron chi connectivity index (χ3n) is 3.57. The van der Waals surface area contributed by atoms with Crippen molar-refractivity contribution in [1.29, 1.82) is 0 Å². The Kier molecular flexibility index (Phi) is 4.39. The zero-order valence-electron chi connectivity index (χ0n) is 12.5. The molecule has 3 rings (SSSR count). The topological polar surface area (TPSA) is 46.5 Å². The average molecular weight is 304 g/mol. The van der Waals surface area contributed by atoms with Gasteiger partial charge in [-0.25, -0.2) is 4.79 Å². The van der Waals surface area contributed by atoms with Crippen LogP contribution in [0.25, 0.3) is 11.1 Å². The largest absolute Gasteiger partial charge is 0.489 e. The molecule has 1 N–H and O–H groups in total. The summed E-state index contributed by atoms with van der Waals surface area (Å²) >= 11 is 0. The minimum atomic E-state index is -0.916. The van der Waals surface area contributed by atoms with E-state index in [4.69, 9.17) is 9.84 Å². The van der Waals surface area contributed by atoms with Crippen molar-refractivity contribution in [3.63, 3.8) is 0 Å². The van der Waals surface area contributed by atoms with Gasteiger partial charge in [-0.05, 0) is 41.0 Å². The van der Waals surface area contributed by atoms with Crippen molar-refractivity contribution in [2.24, 2.45) is 0 Å². The molecule has 3 aromatic rings. The van der Waals surface area contributed by atoms with Gasteiger partial charge in [-0.3, -0.25) is 0 Å². The SMILES string of the molecule is O=C(O)c1ccc(-c2ccc(OCc3ccccc3)cc2)cc1. The molecule has 0 saturated heterocycles. The van der Waals surface area contributed by atoms with E-state index in [2.05, 4.69) is 0 Å². The molecule has 3 heteroatoms. The molecule has 0 spiro atoms. The van der Waals surface area contributed by atoms with Crippen LogP contribution in [-0.2, 0) is 6.61 Å². The van der Waals surface area contributed by atoms with Crippen molar-refractivity contribution in [2.75, 3.05) is 0 Å². The van der Waals surface area contributed by atoms with Crippen molar-refractivity contribution in [3.8, 4) is 16.9 Å². The predicted octanol–water partition coefficient (Wildman–Crippen LogP) is 4.63. The number of hydrogen-bond donors (Lipinski definition) is 1. The highest BCUT2D eigenvalue weighted by Gasteiger charge is 2.03. The molecule has 0 aliphatic rings. The average Bonchev–Trinajstić information content (AvgIpc) is 2.61. The fourth-order valence-corrected chi connectivity index (χ4v) is 2.29. The second-order valence-electron chi connectivity index (χ2n) is 5.18. The van der Waals surface area contributed by atoms with Crippen LogP contribution in [0, 0.1) is 0 Å². The van der Waals surface area contributed by atoms with Crippen LogP contribution in [0.4, 0.5) is 0 Å². The van der Waals surface area contributed by atoms with E-state index in [0.29, 0.717) is 6.61 Å². The van der Waals surface area contributed by atoms with E-state index in [0.717, 1.165) is 22.4 Å². The molecule has 23 heavy (non-hydrogen) atoms. The molecule has 0 aromatic heterocycles. The Morgan fingerprint density at radius 2 is 1.35 bits per heavy atom.